The number of fused-ring (bicyclic) bond motifs is 1. The van der Waals surface area contributed by atoms with Crippen LogP contribution in [0, 0.1) is 11.8 Å². The van der Waals surface area contributed by atoms with Crippen LogP contribution in [0.25, 0.3) is 11.0 Å². The highest BCUT2D eigenvalue weighted by Gasteiger charge is 2.01. The number of hydrogen-bond acceptors (Lipinski definition) is 3. The first kappa shape index (κ1) is 9.35. The van der Waals surface area contributed by atoms with Gasteiger partial charge in [-0.2, -0.15) is 0 Å². The molecule has 1 heterocycles. The van der Waals surface area contributed by atoms with E-state index in [4.69, 9.17) is 4.42 Å². The molecule has 74 valence electrons. The second-order valence-corrected chi connectivity index (χ2v) is 2.89. The third-order valence-electron chi connectivity index (χ3n) is 1.97. The van der Waals surface area contributed by atoms with E-state index in [1.807, 2.05) is 24.3 Å². The lowest BCUT2D eigenvalue weighted by Gasteiger charge is -1.86. The molecule has 0 aliphatic heterocycles. The Hall–Kier alpha value is -2.21. The van der Waals surface area contributed by atoms with Gasteiger partial charge < -0.3 is 9.15 Å². The van der Waals surface area contributed by atoms with Gasteiger partial charge in [-0.05, 0) is 12.1 Å². The molecule has 15 heavy (non-hydrogen) atoms. The van der Waals surface area contributed by atoms with Crippen molar-refractivity contribution >= 4 is 16.9 Å². The largest absolute Gasteiger partial charge is 0.463 e. The third kappa shape index (κ3) is 1.84. The molecular weight excluding hydrogens is 192 g/mol. The van der Waals surface area contributed by atoms with Crippen LogP contribution in [0.1, 0.15) is 5.56 Å². The number of ether oxygens (including phenoxy) is 1. The van der Waals surface area contributed by atoms with E-state index in [0.717, 1.165) is 11.0 Å². The number of esters is 1. The van der Waals surface area contributed by atoms with E-state index in [2.05, 4.69) is 16.6 Å². The Morgan fingerprint density at radius 3 is 3.00 bits per heavy atom. The molecule has 1 aromatic heterocycles. The fraction of sp³-hybridized carbons (Fsp3) is 0.0833. The van der Waals surface area contributed by atoms with E-state index < -0.39 is 5.97 Å². The molecule has 0 amide bonds. The molecule has 0 N–H and O–H groups in total. The molecule has 0 unspecified atom stereocenters. The topological polar surface area (TPSA) is 39.4 Å². The Bertz CT molecular complexity index is 555. The van der Waals surface area contributed by atoms with Gasteiger partial charge in [0.1, 0.15) is 11.8 Å². The van der Waals surface area contributed by atoms with Crippen LogP contribution in [0.15, 0.2) is 34.9 Å². The van der Waals surface area contributed by atoms with E-state index in [0.29, 0.717) is 5.56 Å². The number of carbonyl (C=O) groups is 1. The van der Waals surface area contributed by atoms with Crippen LogP contribution >= 0.6 is 0 Å². The van der Waals surface area contributed by atoms with Crippen molar-refractivity contribution < 1.29 is 13.9 Å². The van der Waals surface area contributed by atoms with E-state index in [9.17, 15) is 4.79 Å². The van der Waals surface area contributed by atoms with Crippen molar-refractivity contribution in [1.82, 2.24) is 0 Å². The second-order valence-electron chi connectivity index (χ2n) is 2.89. The summed E-state index contributed by atoms with van der Waals surface area (Å²) in [5.41, 5.74) is 1.45. The first-order valence-corrected chi connectivity index (χ1v) is 4.37. The van der Waals surface area contributed by atoms with E-state index >= 15 is 0 Å². The first-order chi connectivity index (χ1) is 7.31. The Morgan fingerprint density at radius 1 is 1.40 bits per heavy atom. The molecule has 0 aliphatic carbocycles. The summed E-state index contributed by atoms with van der Waals surface area (Å²) >= 11 is 0. The van der Waals surface area contributed by atoms with E-state index in [1.54, 1.807) is 0 Å². The van der Waals surface area contributed by atoms with Crippen molar-refractivity contribution in [3.63, 3.8) is 0 Å². The summed E-state index contributed by atoms with van der Waals surface area (Å²) in [4.78, 5) is 10.8. The van der Waals surface area contributed by atoms with Crippen molar-refractivity contribution in [2.24, 2.45) is 0 Å². The summed E-state index contributed by atoms with van der Waals surface area (Å²) in [6, 6.07) is 7.50. The minimum absolute atomic E-state index is 0.555. The predicted molar refractivity (Wildman–Crippen MR) is 55.1 cm³/mol. The summed E-state index contributed by atoms with van der Waals surface area (Å²) in [6.07, 6.45) is 1.53. The van der Waals surface area contributed by atoms with Gasteiger partial charge >= 0.3 is 5.97 Å². The number of methoxy groups -OCH3 is 1. The normalized spacial score (nSPS) is 9.40. The number of hydrogen-bond donors (Lipinski definition) is 0. The molecular formula is C12H8O3. The molecule has 0 fully saturated rings. The van der Waals surface area contributed by atoms with Crippen molar-refractivity contribution in [3.05, 3.63) is 36.1 Å². The monoisotopic (exact) mass is 200 g/mol. The van der Waals surface area contributed by atoms with Crippen molar-refractivity contribution in [1.29, 1.82) is 0 Å². The number of benzene rings is 1. The molecule has 2 aromatic rings. The molecule has 2 rings (SSSR count). The average Bonchev–Trinajstić information content (AvgIpc) is 2.69. The maximum atomic E-state index is 10.8. The number of furan rings is 1. The molecule has 3 heteroatoms. The molecule has 0 aliphatic rings. The van der Waals surface area contributed by atoms with Crippen LogP contribution in [0.3, 0.4) is 0 Å². The van der Waals surface area contributed by atoms with Gasteiger partial charge in [0, 0.05) is 11.3 Å². The van der Waals surface area contributed by atoms with Gasteiger partial charge in [-0.25, -0.2) is 4.79 Å². The summed E-state index contributed by atoms with van der Waals surface area (Å²) in [7, 11) is 1.30. The van der Waals surface area contributed by atoms with Crippen molar-refractivity contribution in [3.8, 4) is 11.8 Å². The van der Waals surface area contributed by atoms with Gasteiger partial charge in [-0.1, -0.05) is 18.1 Å². The Morgan fingerprint density at radius 2 is 2.20 bits per heavy atom. The van der Waals surface area contributed by atoms with Gasteiger partial charge in [-0.15, -0.1) is 0 Å². The zero-order valence-corrected chi connectivity index (χ0v) is 8.11. The van der Waals surface area contributed by atoms with E-state index in [1.165, 1.54) is 13.4 Å². The quantitative estimate of drug-likeness (QED) is 0.482. The summed E-state index contributed by atoms with van der Waals surface area (Å²) in [5.74, 6) is 4.50. The first-order valence-electron chi connectivity index (χ1n) is 4.37. The molecule has 0 bridgehead atoms. The molecule has 0 spiro atoms. The Kier molecular flexibility index (Phi) is 2.42. The lowest BCUT2D eigenvalue weighted by atomic mass is 10.2. The van der Waals surface area contributed by atoms with Crippen LogP contribution in [-0.2, 0) is 9.53 Å². The van der Waals surface area contributed by atoms with E-state index in [-0.39, 0.29) is 0 Å². The lowest BCUT2D eigenvalue weighted by molar-refractivity contribution is -0.133. The molecule has 0 saturated heterocycles. The highest BCUT2D eigenvalue weighted by atomic mass is 16.5. The molecule has 0 atom stereocenters. The van der Waals surface area contributed by atoms with Crippen LogP contribution in [0.5, 0.6) is 0 Å². The highest BCUT2D eigenvalue weighted by molar-refractivity contribution is 5.91. The van der Waals surface area contributed by atoms with Gasteiger partial charge in [0.25, 0.3) is 0 Å². The number of rotatable bonds is 0. The molecule has 0 radical (unpaired) electrons. The second kappa shape index (κ2) is 3.89. The van der Waals surface area contributed by atoms with Crippen LogP contribution in [0.4, 0.5) is 0 Å². The summed E-state index contributed by atoms with van der Waals surface area (Å²) in [6.45, 7) is 0. The minimum Gasteiger partial charge on any atom is -0.463 e. The van der Waals surface area contributed by atoms with Gasteiger partial charge in [0.15, 0.2) is 0 Å². The minimum atomic E-state index is -0.555. The summed E-state index contributed by atoms with van der Waals surface area (Å²) < 4.78 is 9.68. The van der Waals surface area contributed by atoms with Gasteiger partial charge in [0.2, 0.25) is 0 Å². The van der Waals surface area contributed by atoms with Crippen molar-refractivity contribution in [2.75, 3.05) is 7.11 Å². The Balaban J connectivity index is 2.43. The SMILES string of the molecule is COC(=O)C#Cc1coc2ccccc12. The third-order valence-corrected chi connectivity index (χ3v) is 1.97. The lowest BCUT2D eigenvalue weighted by Crippen LogP contribution is -1.94. The standard InChI is InChI=1S/C12H8O3/c1-14-12(13)7-6-9-8-15-11-5-3-2-4-10(9)11/h2-5,8H,1H3. The fourth-order valence-corrected chi connectivity index (χ4v) is 1.24. The van der Waals surface area contributed by atoms with Crippen LogP contribution in [0.2, 0.25) is 0 Å². The molecule has 1 aromatic carbocycles. The van der Waals surface area contributed by atoms with Crippen LogP contribution < -0.4 is 0 Å². The van der Waals surface area contributed by atoms with Gasteiger partial charge in [-0.3, -0.25) is 0 Å². The number of carbonyl (C=O) groups excluding carboxylic acids is 1. The number of para-hydroxylation sites is 1. The fourth-order valence-electron chi connectivity index (χ4n) is 1.24. The van der Waals surface area contributed by atoms with Crippen LogP contribution in [-0.4, -0.2) is 13.1 Å². The average molecular weight is 200 g/mol. The smallest absolute Gasteiger partial charge is 0.384 e. The van der Waals surface area contributed by atoms with Crippen molar-refractivity contribution in [2.45, 2.75) is 0 Å². The molecule has 0 saturated carbocycles. The molecule has 3 nitrogen and oxygen atoms in total. The Labute approximate surface area is 86.6 Å². The maximum absolute atomic E-state index is 10.8. The highest BCUT2D eigenvalue weighted by Crippen LogP contribution is 2.19. The summed E-state index contributed by atoms with van der Waals surface area (Å²) in [5, 5.41) is 0.897. The zero-order chi connectivity index (χ0) is 10.7. The maximum Gasteiger partial charge on any atom is 0.384 e. The predicted octanol–water partition coefficient (Wildman–Crippen LogP) is 1.96. The zero-order valence-electron chi connectivity index (χ0n) is 8.11. The van der Waals surface area contributed by atoms with Gasteiger partial charge in [0.05, 0.1) is 12.7 Å².